The van der Waals surface area contributed by atoms with Gasteiger partial charge in [0.2, 0.25) is 5.91 Å². The van der Waals surface area contributed by atoms with Crippen molar-refractivity contribution in [2.24, 2.45) is 11.8 Å². The summed E-state index contributed by atoms with van der Waals surface area (Å²) in [4.78, 5) is 21.9. The summed E-state index contributed by atoms with van der Waals surface area (Å²) in [5, 5.41) is 11.3. The van der Waals surface area contributed by atoms with Crippen LogP contribution in [0.1, 0.15) is 19.8 Å². The number of aliphatic carboxylic acids is 1. The van der Waals surface area contributed by atoms with Crippen LogP contribution in [-0.2, 0) is 9.59 Å². The van der Waals surface area contributed by atoms with Crippen molar-refractivity contribution in [3.63, 3.8) is 0 Å². The minimum atomic E-state index is -1.06. The van der Waals surface area contributed by atoms with Crippen molar-refractivity contribution >= 4 is 23.6 Å². The van der Waals surface area contributed by atoms with E-state index in [2.05, 4.69) is 5.32 Å². The van der Waals surface area contributed by atoms with Crippen LogP contribution in [0.25, 0.3) is 0 Å². The van der Waals surface area contributed by atoms with Gasteiger partial charge >= 0.3 is 5.97 Å². The first-order chi connectivity index (χ1) is 7.11. The minimum Gasteiger partial charge on any atom is -0.481 e. The summed E-state index contributed by atoms with van der Waals surface area (Å²) in [5.74, 6) is 0.441. The number of carbonyl (C=O) groups is 2. The van der Waals surface area contributed by atoms with Crippen LogP contribution in [0.4, 0.5) is 0 Å². The number of nitrogens with one attached hydrogen (secondary N) is 1. The predicted molar refractivity (Wildman–Crippen MR) is 59.9 cm³/mol. The molecule has 2 N–H and O–H groups in total. The molecule has 15 heavy (non-hydrogen) atoms. The summed E-state index contributed by atoms with van der Waals surface area (Å²) in [6.07, 6.45) is 2.23. The van der Waals surface area contributed by atoms with Crippen LogP contribution >= 0.6 is 11.8 Å². The third-order valence-electron chi connectivity index (χ3n) is 2.67. The highest BCUT2D eigenvalue weighted by Gasteiger charge is 2.21. The van der Waals surface area contributed by atoms with E-state index in [0.29, 0.717) is 12.5 Å². The first-order valence-electron chi connectivity index (χ1n) is 5.19. The molecule has 1 saturated heterocycles. The molecule has 0 aliphatic carbocycles. The zero-order valence-electron chi connectivity index (χ0n) is 8.86. The van der Waals surface area contributed by atoms with Crippen LogP contribution in [0.15, 0.2) is 0 Å². The fraction of sp³-hybridized carbons (Fsp3) is 0.800. The molecule has 0 spiro atoms. The normalized spacial score (nSPS) is 19.5. The van der Waals surface area contributed by atoms with Crippen LogP contribution in [0.2, 0.25) is 0 Å². The van der Waals surface area contributed by atoms with Crippen molar-refractivity contribution in [1.29, 1.82) is 0 Å². The van der Waals surface area contributed by atoms with Crippen molar-refractivity contribution in [3.05, 3.63) is 0 Å². The molecule has 0 saturated carbocycles. The predicted octanol–water partition coefficient (Wildman–Crippen LogP) is 0.966. The standard InChI is InChI=1S/C10H17NO3S/c1-7(10(13)14)9(12)11-6-8-2-4-15-5-3-8/h7-8H,2-6H2,1H3,(H,11,12)(H,13,14). The molecule has 1 atom stereocenters. The van der Waals surface area contributed by atoms with Crippen LogP contribution in [0.3, 0.4) is 0 Å². The zero-order chi connectivity index (χ0) is 11.3. The summed E-state index contributed by atoms with van der Waals surface area (Å²) in [7, 11) is 0. The average molecular weight is 231 g/mol. The molecule has 1 fully saturated rings. The molecule has 1 amide bonds. The maximum atomic E-state index is 11.3. The van der Waals surface area contributed by atoms with Gasteiger partial charge in [0, 0.05) is 6.54 Å². The second-order valence-electron chi connectivity index (χ2n) is 3.86. The second-order valence-corrected chi connectivity index (χ2v) is 5.09. The maximum absolute atomic E-state index is 11.3. The van der Waals surface area contributed by atoms with Crippen LogP contribution in [-0.4, -0.2) is 35.0 Å². The lowest BCUT2D eigenvalue weighted by atomic mass is 10.0. The third kappa shape index (κ3) is 4.11. The smallest absolute Gasteiger partial charge is 0.315 e. The van der Waals surface area contributed by atoms with Gasteiger partial charge in [-0.2, -0.15) is 11.8 Å². The molecule has 0 aromatic rings. The van der Waals surface area contributed by atoms with Gasteiger partial charge in [-0.3, -0.25) is 9.59 Å². The van der Waals surface area contributed by atoms with Gasteiger partial charge in [0.05, 0.1) is 0 Å². The van der Waals surface area contributed by atoms with Gasteiger partial charge in [-0.05, 0) is 37.2 Å². The van der Waals surface area contributed by atoms with Crippen molar-refractivity contribution in [3.8, 4) is 0 Å². The van der Waals surface area contributed by atoms with Gasteiger partial charge < -0.3 is 10.4 Å². The van der Waals surface area contributed by atoms with Crippen molar-refractivity contribution in [2.45, 2.75) is 19.8 Å². The lowest BCUT2D eigenvalue weighted by Gasteiger charge is -2.21. The fourth-order valence-corrected chi connectivity index (χ4v) is 2.66. The minimum absolute atomic E-state index is 0.374. The highest BCUT2D eigenvalue weighted by molar-refractivity contribution is 7.99. The van der Waals surface area contributed by atoms with Crippen molar-refractivity contribution in [2.75, 3.05) is 18.1 Å². The summed E-state index contributed by atoms with van der Waals surface area (Å²) < 4.78 is 0. The number of rotatable bonds is 4. The van der Waals surface area contributed by atoms with Crippen molar-refractivity contribution < 1.29 is 14.7 Å². The van der Waals surface area contributed by atoms with E-state index in [4.69, 9.17) is 5.11 Å². The van der Waals surface area contributed by atoms with Gasteiger partial charge in [0.15, 0.2) is 0 Å². The molecular formula is C10H17NO3S. The summed E-state index contributed by atoms with van der Waals surface area (Å²) >= 11 is 1.94. The Hall–Kier alpha value is -0.710. The Morgan fingerprint density at radius 1 is 1.47 bits per heavy atom. The zero-order valence-corrected chi connectivity index (χ0v) is 9.68. The first kappa shape index (κ1) is 12.4. The number of hydrogen-bond acceptors (Lipinski definition) is 3. The Balaban J connectivity index is 2.23. The first-order valence-corrected chi connectivity index (χ1v) is 6.35. The quantitative estimate of drug-likeness (QED) is 0.707. The number of hydrogen-bond donors (Lipinski definition) is 2. The molecule has 0 bridgehead atoms. The Labute approximate surface area is 93.8 Å². The SMILES string of the molecule is CC(C(=O)O)C(=O)NCC1CCSCC1. The molecule has 1 rings (SSSR count). The molecule has 5 heteroatoms. The van der Waals surface area contributed by atoms with E-state index in [0.717, 1.165) is 24.3 Å². The van der Waals surface area contributed by atoms with E-state index in [1.54, 1.807) is 0 Å². The lowest BCUT2D eigenvalue weighted by molar-refractivity contribution is -0.146. The Bertz CT molecular complexity index is 239. The van der Waals surface area contributed by atoms with Gasteiger partial charge in [0.1, 0.15) is 5.92 Å². The topological polar surface area (TPSA) is 66.4 Å². The van der Waals surface area contributed by atoms with E-state index in [-0.39, 0.29) is 5.91 Å². The van der Waals surface area contributed by atoms with Crippen molar-refractivity contribution in [1.82, 2.24) is 5.32 Å². The molecular weight excluding hydrogens is 214 g/mol. The molecule has 0 aromatic heterocycles. The second kappa shape index (κ2) is 6.00. The van der Waals surface area contributed by atoms with E-state index in [9.17, 15) is 9.59 Å². The molecule has 4 nitrogen and oxygen atoms in total. The van der Waals surface area contributed by atoms with Crippen LogP contribution < -0.4 is 5.32 Å². The highest BCUT2D eigenvalue weighted by Crippen LogP contribution is 2.21. The lowest BCUT2D eigenvalue weighted by Crippen LogP contribution is -2.37. The molecule has 1 unspecified atom stereocenters. The van der Waals surface area contributed by atoms with Gasteiger partial charge in [-0.25, -0.2) is 0 Å². The Morgan fingerprint density at radius 3 is 2.60 bits per heavy atom. The summed E-state index contributed by atoms with van der Waals surface area (Å²) in [6, 6.07) is 0. The van der Waals surface area contributed by atoms with Gasteiger partial charge in [0.25, 0.3) is 0 Å². The molecule has 1 aliphatic rings. The largest absolute Gasteiger partial charge is 0.481 e. The molecule has 1 heterocycles. The number of carboxylic acids is 1. The summed E-state index contributed by atoms with van der Waals surface area (Å²) in [6.45, 7) is 2.03. The Morgan fingerprint density at radius 2 is 2.07 bits per heavy atom. The number of carboxylic acid groups (broad SMARTS) is 1. The molecule has 0 aromatic carbocycles. The van der Waals surface area contributed by atoms with E-state index >= 15 is 0 Å². The third-order valence-corrected chi connectivity index (χ3v) is 3.72. The monoisotopic (exact) mass is 231 g/mol. The number of amides is 1. The summed E-state index contributed by atoms with van der Waals surface area (Å²) in [5.41, 5.74) is 0. The number of thioether (sulfide) groups is 1. The average Bonchev–Trinajstić information content (AvgIpc) is 2.26. The molecule has 86 valence electrons. The number of carbonyl (C=O) groups excluding carboxylic acids is 1. The maximum Gasteiger partial charge on any atom is 0.315 e. The highest BCUT2D eigenvalue weighted by atomic mass is 32.2. The fourth-order valence-electron chi connectivity index (χ4n) is 1.46. The van der Waals surface area contributed by atoms with E-state index in [1.165, 1.54) is 6.92 Å². The van der Waals surface area contributed by atoms with E-state index in [1.807, 2.05) is 11.8 Å². The van der Waals surface area contributed by atoms with Gasteiger partial charge in [-0.15, -0.1) is 0 Å². The Kier molecular flexibility index (Phi) is 4.94. The van der Waals surface area contributed by atoms with Crippen LogP contribution in [0.5, 0.6) is 0 Å². The van der Waals surface area contributed by atoms with Gasteiger partial charge in [-0.1, -0.05) is 0 Å². The molecule has 1 aliphatic heterocycles. The van der Waals surface area contributed by atoms with Crippen LogP contribution in [0, 0.1) is 11.8 Å². The molecule has 0 radical (unpaired) electrons. The van der Waals surface area contributed by atoms with E-state index < -0.39 is 11.9 Å².